The zero-order valence-corrected chi connectivity index (χ0v) is 15.9. The maximum atomic E-state index is 13.4. The third kappa shape index (κ3) is 3.46. The molecule has 0 saturated heterocycles. The van der Waals surface area contributed by atoms with Crippen LogP contribution in [0, 0.1) is 5.82 Å². The second kappa shape index (κ2) is 7.62. The first kappa shape index (κ1) is 18.5. The van der Waals surface area contributed by atoms with Gasteiger partial charge in [0.1, 0.15) is 12.4 Å². The number of fused-ring (bicyclic) bond motifs is 1. The highest BCUT2D eigenvalue weighted by Crippen LogP contribution is 2.33. The Kier molecular flexibility index (Phi) is 5.03. The monoisotopic (exact) mass is 414 g/mol. The van der Waals surface area contributed by atoms with Gasteiger partial charge in [0.2, 0.25) is 0 Å². The molecule has 4 nitrogen and oxygen atoms in total. The standard InChI is InChI=1S/C21H13Cl2FN2O2/c22-16-5-3-6-17(23)20(16)28-12-19-25-18-7-2-1-4-15(18)21(27)26(19)14-10-8-13(24)9-11-14/h1-11H,12H2. The van der Waals surface area contributed by atoms with Crippen LogP contribution in [0.4, 0.5) is 4.39 Å². The van der Waals surface area contributed by atoms with Crippen molar-refractivity contribution in [1.82, 2.24) is 9.55 Å². The van der Waals surface area contributed by atoms with Crippen LogP contribution in [-0.2, 0) is 6.61 Å². The van der Waals surface area contributed by atoms with Crippen LogP contribution in [0.1, 0.15) is 5.82 Å². The molecule has 3 aromatic carbocycles. The van der Waals surface area contributed by atoms with Crippen LogP contribution >= 0.6 is 23.2 Å². The van der Waals surface area contributed by atoms with Crippen molar-refractivity contribution < 1.29 is 9.13 Å². The van der Waals surface area contributed by atoms with E-state index < -0.39 is 5.82 Å². The highest BCUT2D eigenvalue weighted by atomic mass is 35.5. The third-order valence-electron chi connectivity index (χ3n) is 4.19. The van der Waals surface area contributed by atoms with Crippen molar-refractivity contribution >= 4 is 34.1 Å². The van der Waals surface area contributed by atoms with Gasteiger partial charge in [0.15, 0.2) is 11.6 Å². The molecule has 0 atom stereocenters. The predicted molar refractivity (Wildman–Crippen MR) is 108 cm³/mol. The van der Waals surface area contributed by atoms with Gasteiger partial charge >= 0.3 is 0 Å². The molecular formula is C21H13Cl2FN2O2. The van der Waals surface area contributed by atoms with E-state index in [4.69, 9.17) is 27.9 Å². The van der Waals surface area contributed by atoms with Gasteiger partial charge < -0.3 is 4.74 Å². The Labute approximate surface area is 169 Å². The fourth-order valence-electron chi connectivity index (χ4n) is 2.89. The van der Waals surface area contributed by atoms with Crippen LogP contribution in [-0.4, -0.2) is 9.55 Å². The molecule has 140 valence electrons. The predicted octanol–water partition coefficient (Wildman–Crippen LogP) is 5.41. The molecule has 0 unspecified atom stereocenters. The first-order chi connectivity index (χ1) is 13.5. The molecule has 4 aromatic rings. The van der Waals surface area contributed by atoms with Gasteiger partial charge in [0.05, 0.1) is 26.6 Å². The average Bonchev–Trinajstić information content (AvgIpc) is 2.69. The summed E-state index contributed by atoms with van der Waals surface area (Å²) in [6.07, 6.45) is 0. The Morgan fingerprint density at radius 2 is 1.61 bits per heavy atom. The summed E-state index contributed by atoms with van der Waals surface area (Å²) in [6, 6.07) is 17.6. The van der Waals surface area contributed by atoms with Crippen LogP contribution < -0.4 is 10.3 Å². The van der Waals surface area contributed by atoms with Gasteiger partial charge in [-0.1, -0.05) is 41.4 Å². The van der Waals surface area contributed by atoms with Gasteiger partial charge in [-0.15, -0.1) is 0 Å². The van der Waals surface area contributed by atoms with E-state index in [1.54, 1.807) is 42.5 Å². The molecular weight excluding hydrogens is 402 g/mol. The summed E-state index contributed by atoms with van der Waals surface area (Å²) in [7, 11) is 0. The molecule has 1 aromatic heterocycles. The largest absolute Gasteiger partial charge is 0.483 e. The van der Waals surface area contributed by atoms with Gasteiger partial charge in [0, 0.05) is 0 Å². The smallest absolute Gasteiger partial charge is 0.266 e. The molecule has 0 bridgehead atoms. The lowest BCUT2D eigenvalue weighted by molar-refractivity contribution is 0.292. The number of ether oxygens (including phenoxy) is 1. The van der Waals surface area contributed by atoms with Crippen LogP contribution in [0.5, 0.6) is 5.75 Å². The molecule has 0 radical (unpaired) electrons. The van der Waals surface area contributed by atoms with E-state index in [0.29, 0.717) is 38.2 Å². The Morgan fingerprint density at radius 1 is 0.929 bits per heavy atom. The van der Waals surface area contributed by atoms with Crippen molar-refractivity contribution in [2.45, 2.75) is 6.61 Å². The third-order valence-corrected chi connectivity index (χ3v) is 4.79. The van der Waals surface area contributed by atoms with Crippen molar-refractivity contribution in [1.29, 1.82) is 0 Å². The molecule has 0 aliphatic carbocycles. The molecule has 1 heterocycles. The van der Waals surface area contributed by atoms with Gasteiger partial charge in [-0.3, -0.25) is 9.36 Å². The lowest BCUT2D eigenvalue weighted by atomic mass is 10.2. The molecule has 0 N–H and O–H groups in total. The number of halogens is 3. The quantitative estimate of drug-likeness (QED) is 0.448. The lowest BCUT2D eigenvalue weighted by Crippen LogP contribution is -2.25. The minimum Gasteiger partial charge on any atom is -0.483 e. The Balaban J connectivity index is 1.85. The summed E-state index contributed by atoms with van der Waals surface area (Å²) in [5, 5.41) is 1.15. The average molecular weight is 415 g/mol. The molecule has 28 heavy (non-hydrogen) atoms. The molecule has 0 aliphatic rings. The van der Waals surface area contributed by atoms with Crippen LogP contribution in [0.2, 0.25) is 10.0 Å². The number of hydrogen-bond donors (Lipinski definition) is 0. The highest BCUT2D eigenvalue weighted by molar-refractivity contribution is 6.37. The summed E-state index contributed by atoms with van der Waals surface area (Å²) in [5.74, 6) is 0.247. The van der Waals surface area contributed by atoms with E-state index in [2.05, 4.69) is 4.98 Å². The number of rotatable bonds is 4. The summed E-state index contributed by atoms with van der Waals surface area (Å²) < 4.78 is 20.5. The Hall–Kier alpha value is -2.89. The van der Waals surface area contributed by atoms with Crippen molar-refractivity contribution in [3.05, 3.63) is 98.8 Å². The summed E-state index contributed by atoms with van der Waals surface area (Å²) in [6.45, 7) is -0.0547. The first-order valence-electron chi connectivity index (χ1n) is 8.38. The Bertz CT molecular complexity index is 1200. The zero-order chi connectivity index (χ0) is 19.7. The molecule has 7 heteroatoms. The molecule has 0 spiro atoms. The second-order valence-electron chi connectivity index (χ2n) is 6.00. The van der Waals surface area contributed by atoms with E-state index in [1.165, 1.54) is 28.8 Å². The second-order valence-corrected chi connectivity index (χ2v) is 6.82. The van der Waals surface area contributed by atoms with Gasteiger partial charge in [-0.25, -0.2) is 9.37 Å². The fourth-order valence-corrected chi connectivity index (χ4v) is 3.40. The van der Waals surface area contributed by atoms with E-state index in [1.807, 2.05) is 0 Å². The van der Waals surface area contributed by atoms with Crippen LogP contribution in [0.3, 0.4) is 0 Å². The SMILES string of the molecule is O=c1c2ccccc2nc(COc2c(Cl)cccc2Cl)n1-c1ccc(F)cc1. The number of para-hydroxylation sites is 2. The normalized spacial score (nSPS) is 11.0. The summed E-state index contributed by atoms with van der Waals surface area (Å²) in [5.41, 5.74) is 0.740. The first-order valence-corrected chi connectivity index (χ1v) is 9.13. The van der Waals surface area contributed by atoms with Crippen LogP contribution in [0.25, 0.3) is 16.6 Å². The van der Waals surface area contributed by atoms with E-state index in [0.717, 1.165) is 0 Å². The summed E-state index contributed by atoms with van der Waals surface area (Å²) in [4.78, 5) is 17.7. The molecule has 0 fully saturated rings. The van der Waals surface area contributed by atoms with Crippen molar-refractivity contribution in [3.8, 4) is 11.4 Å². The van der Waals surface area contributed by atoms with E-state index in [-0.39, 0.29) is 12.2 Å². The number of aromatic nitrogens is 2. The maximum absolute atomic E-state index is 13.4. The van der Waals surface area contributed by atoms with Gasteiger partial charge in [-0.05, 0) is 48.5 Å². The number of nitrogens with zero attached hydrogens (tertiary/aromatic N) is 2. The van der Waals surface area contributed by atoms with Gasteiger partial charge in [0.25, 0.3) is 5.56 Å². The molecule has 0 saturated carbocycles. The van der Waals surface area contributed by atoms with Gasteiger partial charge in [-0.2, -0.15) is 0 Å². The minimum absolute atomic E-state index is 0.0547. The van der Waals surface area contributed by atoms with Crippen molar-refractivity contribution in [2.75, 3.05) is 0 Å². The van der Waals surface area contributed by atoms with Crippen molar-refractivity contribution in [2.24, 2.45) is 0 Å². The fraction of sp³-hybridized carbons (Fsp3) is 0.0476. The summed E-state index contributed by atoms with van der Waals surface area (Å²) >= 11 is 12.3. The Morgan fingerprint density at radius 3 is 2.32 bits per heavy atom. The minimum atomic E-state index is -0.397. The number of benzene rings is 3. The molecule has 0 amide bonds. The van der Waals surface area contributed by atoms with E-state index in [9.17, 15) is 9.18 Å². The highest BCUT2D eigenvalue weighted by Gasteiger charge is 2.15. The maximum Gasteiger partial charge on any atom is 0.266 e. The van der Waals surface area contributed by atoms with E-state index >= 15 is 0 Å². The van der Waals surface area contributed by atoms with Crippen LogP contribution in [0.15, 0.2) is 71.5 Å². The zero-order valence-electron chi connectivity index (χ0n) is 14.4. The lowest BCUT2D eigenvalue weighted by Gasteiger charge is -2.15. The molecule has 4 rings (SSSR count). The topological polar surface area (TPSA) is 44.1 Å². The van der Waals surface area contributed by atoms with Crippen molar-refractivity contribution in [3.63, 3.8) is 0 Å². The number of hydrogen-bond acceptors (Lipinski definition) is 3. The molecule has 0 aliphatic heterocycles.